The molecule has 0 bridgehead atoms. The van der Waals surface area contributed by atoms with Crippen LogP contribution in [0.5, 0.6) is 0 Å². The number of hydrogen-bond donors (Lipinski definition) is 1. The van der Waals surface area contributed by atoms with Gasteiger partial charge < -0.3 is 4.90 Å². The summed E-state index contributed by atoms with van der Waals surface area (Å²) in [7, 11) is -3.84. The Morgan fingerprint density at radius 2 is 1.39 bits per heavy atom. The minimum absolute atomic E-state index is 0.0420. The number of nitriles is 1. The van der Waals surface area contributed by atoms with Gasteiger partial charge in [0, 0.05) is 26.2 Å². The largest absolute Gasteiger partial charge is 0.368 e. The number of nitrogens with zero attached hydrogens (tertiary/aromatic N) is 3. The molecule has 1 saturated heterocycles. The zero-order valence-corrected chi connectivity index (χ0v) is 17.9. The fourth-order valence-electron chi connectivity index (χ4n) is 4.16. The topological polar surface area (TPSA) is 90.4 Å². The maximum Gasteiger partial charge on any atom is 0.238 e. The minimum atomic E-state index is -3.84. The van der Waals surface area contributed by atoms with Gasteiger partial charge in [-0.25, -0.2) is 13.6 Å². The number of anilines is 1. The van der Waals surface area contributed by atoms with Gasteiger partial charge in [0.15, 0.2) is 0 Å². The van der Waals surface area contributed by atoms with E-state index in [1.807, 2.05) is 12.1 Å². The first-order valence-electron chi connectivity index (χ1n) is 10.1. The number of piperazine rings is 1. The Labute approximate surface area is 183 Å². The van der Waals surface area contributed by atoms with Gasteiger partial charge in [-0.15, -0.1) is 0 Å². The number of hydrogen-bond acceptors (Lipinski definition) is 5. The number of sulfonamides is 1. The zero-order chi connectivity index (χ0) is 21.8. The van der Waals surface area contributed by atoms with Crippen molar-refractivity contribution >= 4 is 15.7 Å². The molecule has 0 aliphatic carbocycles. The van der Waals surface area contributed by atoms with Crippen LogP contribution in [-0.2, 0) is 10.0 Å². The summed E-state index contributed by atoms with van der Waals surface area (Å²) in [5.41, 5.74) is 3.56. The lowest BCUT2D eigenvalue weighted by atomic mass is 9.96. The van der Waals surface area contributed by atoms with Crippen LogP contribution in [0, 0.1) is 11.3 Å². The summed E-state index contributed by atoms with van der Waals surface area (Å²) in [4.78, 5) is 4.54. The van der Waals surface area contributed by atoms with Crippen molar-refractivity contribution in [3.05, 3.63) is 95.6 Å². The van der Waals surface area contributed by atoms with Crippen molar-refractivity contribution in [1.29, 1.82) is 5.26 Å². The van der Waals surface area contributed by atoms with Crippen LogP contribution < -0.4 is 10.0 Å². The number of benzene rings is 3. The normalized spacial score (nSPS) is 15.1. The van der Waals surface area contributed by atoms with Crippen LogP contribution in [0.1, 0.15) is 22.7 Å². The molecule has 2 N–H and O–H groups in total. The van der Waals surface area contributed by atoms with E-state index < -0.39 is 10.0 Å². The van der Waals surface area contributed by atoms with Crippen LogP contribution >= 0.6 is 0 Å². The highest BCUT2D eigenvalue weighted by Crippen LogP contribution is 2.31. The molecule has 0 amide bonds. The fourth-order valence-corrected chi connectivity index (χ4v) is 4.70. The lowest BCUT2D eigenvalue weighted by molar-refractivity contribution is 0.212. The molecule has 0 saturated carbocycles. The second-order valence-electron chi connectivity index (χ2n) is 7.58. The molecular formula is C24H24N4O2S. The van der Waals surface area contributed by atoms with Gasteiger partial charge in [-0.3, -0.25) is 4.90 Å². The second kappa shape index (κ2) is 8.90. The average molecular weight is 433 g/mol. The van der Waals surface area contributed by atoms with Crippen molar-refractivity contribution in [2.24, 2.45) is 5.14 Å². The molecule has 3 aromatic rings. The molecule has 1 heterocycles. The first kappa shape index (κ1) is 21.1. The molecule has 0 spiro atoms. The molecule has 31 heavy (non-hydrogen) atoms. The van der Waals surface area contributed by atoms with E-state index in [2.05, 4.69) is 64.4 Å². The van der Waals surface area contributed by atoms with Crippen LogP contribution in [0.2, 0.25) is 0 Å². The third kappa shape index (κ3) is 4.62. The number of rotatable bonds is 5. The highest BCUT2D eigenvalue weighted by Gasteiger charge is 2.27. The summed E-state index contributed by atoms with van der Waals surface area (Å²) in [6, 6.07) is 27.7. The Bertz CT molecular complexity index is 1140. The van der Waals surface area contributed by atoms with Crippen LogP contribution in [0.4, 0.5) is 5.69 Å². The SMILES string of the molecule is N#Cc1cc(S(N)(=O)=O)ccc1N1CCN(C(c2ccccc2)c2ccccc2)CC1. The van der Waals surface area contributed by atoms with E-state index in [1.54, 1.807) is 6.07 Å². The molecular weight excluding hydrogens is 408 g/mol. The first-order valence-corrected chi connectivity index (χ1v) is 11.7. The van der Waals surface area contributed by atoms with Crippen LogP contribution in [-0.4, -0.2) is 39.5 Å². The smallest absolute Gasteiger partial charge is 0.238 e. The van der Waals surface area contributed by atoms with Crippen molar-refractivity contribution in [2.75, 3.05) is 31.1 Å². The van der Waals surface area contributed by atoms with Gasteiger partial charge in [0.05, 0.1) is 22.2 Å². The van der Waals surface area contributed by atoms with E-state index in [0.29, 0.717) is 5.56 Å². The summed E-state index contributed by atoms with van der Waals surface area (Å²) in [5, 5.41) is 14.8. The Balaban J connectivity index is 1.57. The standard InChI is InChI=1S/C24H24N4O2S/c25-18-21-17-22(31(26,29)30)11-12-23(21)27-13-15-28(16-14-27)24(19-7-3-1-4-8-19)20-9-5-2-6-10-20/h1-12,17,24H,13-16H2,(H2,26,29,30). The molecule has 0 unspecified atom stereocenters. The Morgan fingerprint density at radius 1 is 0.839 bits per heavy atom. The van der Waals surface area contributed by atoms with E-state index in [9.17, 15) is 13.7 Å². The molecule has 7 heteroatoms. The maximum absolute atomic E-state index is 11.6. The lowest BCUT2D eigenvalue weighted by Crippen LogP contribution is -2.48. The average Bonchev–Trinajstić information content (AvgIpc) is 2.80. The Morgan fingerprint density at radius 3 is 1.87 bits per heavy atom. The summed E-state index contributed by atoms with van der Waals surface area (Å²) in [6.45, 7) is 3.10. The minimum Gasteiger partial charge on any atom is -0.368 e. The Kier molecular flexibility index (Phi) is 6.05. The monoisotopic (exact) mass is 432 g/mol. The predicted octanol–water partition coefficient (Wildman–Crippen LogP) is 3.12. The van der Waals surface area contributed by atoms with Crippen molar-refractivity contribution in [3.63, 3.8) is 0 Å². The molecule has 0 aromatic heterocycles. The second-order valence-corrected chi connectivity index (χ2v) is 9.14. The van der Waals surface area contributed by atoms with Crippen LogP contribution in [0.25, 0.3) is 0 Å². The van der Waals surface area contributed by atoms with Crippen LogP contribution in [0.15, 0.2) is 83.8 Å². The summed E-state index contributed by atoms with van der Waals surface area (Å²) in [6.07, 6.45) is 0. The number of primary sulfonamides is 1. The van der Waals surface area contributed by atoms with E-state index in [-0.39, 0.29) is 10.9 Å². The van der Waals surface area contributed by atoms with Gasteiger partial charge in [-0.2, -0.15) is 5.26 Å². The molecule has 4 rings (SSSR count). The quantitative estimate of drug-likeness (QED) is 0.669. The van der Waals surface area contributed by atoms with Gasteiger partial charge >= 0.3 is 0 Å². The highest BCUT2D eigenvalue weighted by atomic mass is 32.2. The third-order valence-corrected chi connectivity index (χ3v) is 6.58. The van der Waals surface area contributed by atoms with E-state index >= 15 is 0 Å². The predicted molar refractivity (Wildman–Crippen MR) is 121 cm³/mol. The van der Waals surface area contributed by atoms with E-state index in [0.717, 1.165) is 31.9 Å². The molecule has 0 atom stereocenters. The molecule has 158 valence electrons. The summed E-state index contributed by atoms with van der Waals surface area (Å²) >= 11 is 0. The van der Waals surface area contributed by atoms with Crippen molar-refractivity contribution < 1.29 is 8.42 Å². The Hall–Kier alpha value is -3.18. The summed E-state index contributed by atoms with van der Waals surface area (Å²) in [5.74, 6) is 0. The highest BCUT2D eigenvalue weighted by molar-refractivity contribution is 7.89. The molecule has 6 nitrogen and oxygen atoms in total. The van der Waals surface area contributed by atoms with Gasteiger partial charge in [0.25, 0.3) is 0 Å². The molecule has 1 aliphatic rings. The fraction of sp³-hybridized carbons (Fsp3) is 0.208. The van der Waals surface area contributed by atoms with Gasteiger partial charge in [-0.05, 0) is 29.3 Å². The zero-order valence-electron chi connectivity index (χ0n) is 17.1. The van der Waals surface area contributed by atoms with E-state index in [1.165, 1.54) is 23.3 Å². The summed E-state index contributed by atoms with van der Waals surface area (Å²) < 4.78 is 23.2. The van der Waals surface area contributed by atoms with Crippen LogP contribution in [0.3, 0.4) is 0 Å². The lowest BCUT2D eigenvalue weighted by Gasteiger charge is -2.41. The van der Waals surface area contributed by atoms with E-state index in [4.69, 9.17) is 5.14 Å². The molecule has 1 aliphatic heterocycles. The first-order chi connectivity index (χ1) is 15.0. The van der Waals surface area contributed by atoms with Gasteiger partial charge in [0.1, 0.15) is 6.07 Å². The van der Waals surface area contributed by atoms with Crippen molar-refractivity contribution in [1.82, 2.24) is 4.90 Å². The molecule has 1 fully saturated rings. The van der Waals surface area contributed by atoms with Crippen molar-refractivity contribution in [2.45, 2.75) is 10.9 Å². The maximum atomic E-state index is 11.6. The van der Waals surface area contributed by atoms with Gasteiger partial charge in [0.2, 0.25) is 10.0 Å². The third-order valence-electron chi connectivity index (χ3n) is 5.67. The van der Waals surface area contributed by atoms with Gasteiger partial charge in [-0.1, -0.05) is 60.7 Å². The number of nitrogens with two attached hydrogens (primary N) is 1. The molecule has 3 aromatic carbocycles. The molecule has 0 radical (unpaired) electrons. The van der Waals surface area contributed by atoms with Crippen molar-refractivity contribution in [3.8, 4) is 6.07 Å².